The van der Waals surface area contributed by atoms with Crippen LogP contribution in [0.2, 0.25) is 0 Å². The first-order chi connectivity index (χ1) is 16.0. The number of benzene rings is 2. The monoisotopic (exact) mass is 509 g/mol. The molecule has 0 aliphatic heterocycles. The number of carbonyl (C=O) groups is 2. The molecule has 0 saturated carbocycles. The molecule has 0 radical (unpaired) electrons. The Labute approximate surface area is 198 Å². The minimum Gasteiger partial charge on any atom is -0.349 e. The molecule has 0 spiro atoms. The average molecular weight is 510 g/mol. The Kier molecular flexibility index (Phi) is 7.13. The molecule has 0 atom stereocenters. The van der Waals surface area contributed by atoms with Gasteiger partial charge < -0.3 is 15.6 Å². The molecule has 0 fully saturated rings. The molecule has 0 unspecified atom stereocenters. The van der Waals surface area contributed by atoms with Crippen molar-refractivity contribution in [1.29, 1.82) is 0 Å². The molecular formula is C23H24BrN7O2. The summed E-state index contributed by atoms with van der Waals surface area (Å²) in [6, 6.07) is 12.7. The number of amides is 2. The van der Waals surface area contributed by atoms with Gasteiger partial charge in [-0.1, -0.05) is 54.2 Å². The van der Waals surface area contributed by atoms with E-state index in [1.165, 1.54) is 0 Å². The summed E-state index contributed by atoms with van der Waals surface area (Å²) in [6.45, 7) is 2.14. The van der Waals surface area contributed by atoms with Crippen LogP contribution in [0.3, 0.4) is 0 Å². The predicted molar refractivity (Wildman–Crippen MR) is 131 cm³/mol. The van der Waals surface area contributed by atoms with Gasteiger partial charge in [-0.05, 0) is 47.2 Å². The molecule has 0 bridgehead atoms. The number of para-hydroxylation sites is 1. The number of aromatic nitrogens is 5. The van der Waals surface area contributed by atoms with E-state index >= 15 is 0 Å². The second-order valence-electron chi connectivity index (χ2n) is 7.71. The van der Waals surface area contributed by atoms with E-state index in [0.717, 1.165) is 35.5 Å². The highest BCUT2D eigenvalue weighted by molar-refractivity contribution is 9.10. The second kappa shape index (κ2) is 10.4. The van der Waals surface area contributed by atoms with Crippen molar-refractivity contribution in [1.82, 2.24) is 25.6 Å². The van der Waals surface area contributed by atoms with E-state index < -0.39 is 0 Å². The Bertz CT molecular complexity index is 1270. The smallest absolute Gasteiger partial charge is 0.272 e. The lowest BCUT2D eigenvalue weighted by atomic mass is 10.1. The van der Waals surface area contributed by atoms with Gasteiger partial charge in [-0.25, -0.2) is 5.10 Å². The van der Waals surface area contributed by atoms with E-state index in [4.69, 9.17) is 0 Å². The zero-order valence-electron chi connectivity index (χ0n) is 18.1. The van der Waals surface area contributed by atoms with Gasteiger partial charge in [0.15, 0.2) is 5.82 Å². The summed E-state index contributed by atoms with van der Waals surface area (Å²) in [4.78, 5) is 28.5. The van der Waals surface area contributed by atoms with Gasteiger partial charge in [0.25, 0.3) is 5.91 Å². The van der Waals surface area contributed by atoms with Crippen LogP contribution in [0.4, 0.5) is 11.4 Å². The minimum atomic E-state index is -0.320. The molecule has 9 nitrogen and oxygen atoms in total. The standard InChI is InChI=1S/C23H24BrN7O2/c1-2-3-4-5-9-20(32)25-18-8-6-7-14-12-19(26-21(14)18)23(33)27-17-11-10-15(24)13-16(17)22-28-30-31-29-22/h6-8,10-13,26H,2-5,9H2,1H3,(H,25,32)(H,27,33)(H,28,29,30,31). The van der Waals surface area contributed by atoms with Crippen LogP contribution in [0.1, 0.15) is 49.5 Å². The van der Waals surface area contributed by atoms with Crippen LogP contribution in [0.5, 0.6) is 0 Å². The average Bonchev–Trinajstić information content (AvgIpc) is 3.48. The van der Waals surface area contributed by atoms with Gasteiger partial charge in [0, 0.05) is 21.8 Å². The maximum atomic E-state index is 13.0. The summed E-state index contributed by atoms with van der Waals surface area (Å²) >= 11 is 3.43. The van der Waals surface area contributed by atoms with Crippen LogP contribution in [-0.4, -0.2) is 37.4 Å². The van der Waals surface area contributed by atoms with E-state index in [1.54, 1.807) is 12.1 Å². The van der Waals surface area contributed by atoms with Crippen LogP contribution >= 0.6 is 15.9 Å². The lowest BCUT2D eigenvalue weighted by Gasteiger charge is -2.09. The lowest BCUT2D eigenvalue weighted by Crippen LogP contribution is -2.13. The van der Waals surface area contributed by atoms with E-state index in [2.05, 4.69) is 59.1 Å². The van der Waals surface area contributed by atoms with Crippen LogP contribution < -0.4 is 10.6 Å². The first kappa shape index (κ1) is 22.7. The van der Waals surface area contributed by atoms with E-state index in [1.807, 2.05) is 30.3 Å². The number of halogens is 1. The third-order valence-corrected chi connectivity index (χ3v) is 5.76. The largest absolute Gasteiger partial charge is 0.349 e. The molecule has 2 amide bonds. The minimum absolute atomic E-state index is 0.0284. The molecule has 2 aromatic carbocycles. The number of fused-ring (bicyclic) bond motifs is 1. The van der Waals surface area contributed by atoms with Crippen molar-refractivity contribution in [3.8, 4) is 11.4 Å². The van der Waals surface area contributed by atoms with E-state index in [9.17, 15) is 9.59 Å². The molecule has 0 aliphatic rings. The number of hydrogen-bond donors (Lipinski definition) is 4. The number of nitrogens with one attached hydrogen (secondary N) is 4. The van der Waals surface area contributed by atoms with Gasteiger partial charge in [-0.2, -0.15) is 0 Å². The summed E-state index contributed by atoms with van der Waals surface area (Å²) in [5.41, 5.74) is 2.94. The maximum Gasteiger partial charge on any atom is 0.272 e. The normalized spacial score (nSPS) is 11.0. The highest BCUT2D eigenvalue weighted by atomic mass is 79.9. The van der Waals surface area contributed by atoms with Crippen molar-refractivity contribution in [3.05, 3.63) is 52.6 Å². The first-order valence-corrected chi connectivity index (χ1v) is 11.6. The Morgan fingerprint density at radius 2 is 1.91 bits per heavy atom. The van der Waals surface area contributed by atoms with Crippen LogP contribution in [0.15, 0.2) is 46.9 Å². The van der Waals surface area contributed by atoms with Crippen LogP contribution in [-0.2, 0) is 4.79 Å². The van der Waals surface area contributed by atoms with Crippen molar-refractivity contribution in [2.75, 3.05) is 10.6 Å². The van der Waals surface area contributed by atoms with Gasteiger partial charge >= 0.3 is 0 Å². The Balaban J connectivity index is 1.52. The fourth-order valence-electron chi connectivity index (χ4n) is 3.59. The van der Waals surface area contributed by atoms with Gasteiger partial charge in [0.2, 0.25) is 5.91 Å². The Morgan fingerprint density at radius 1 is 1.03 bits per heavy atom. The Morgan fingerprint density at radius 3 is 2.70 bits per heavy atom. The van der Waals surface area contributed by atoms with Crippen LogP contribution in [0.25, 0.3) is 22.3 Å². The van der Waals surface area contributed by atoms with Gasteiger partial charge in [-0.3, -0.25) is 9.59 Å². The summed E-state index contributed by atoms with van der Waals surface area (Å²) in [5, 5.41) is 20.6. The highest BCUT2D eigenvalue weighted by Gasteiger charge is 2.16. The summed E-state index contributed by atoms with van der Waals surface area (Å²) < 4.78 is 0.826. The third kappa shape index (κ3) is 5.46. The van der Waals surface area contributed by atoms with Crippen molar-refractivity contribution < 1.29 is 9.59 Å². The van der Waals surface area contributed by atoms with Gasteiger partial charge in [0.1, 0.15) is 5.69 Å². The maximum absolute atomic E-state index is 13.0. The summed E-state index contributed by atoms with van der Waals surface area (Å²) in [6.07, 6.45) is 4.65. The number of anilines is 2. The molecule has 2 aromatic heterocycles. The molecule has 4 rings (SSSR count). The number of unbranched alkanes of at least 4 members (excludes halogenated alkanes) is 3. The van der Waals surface area contributed by atoms with Crippen molar-refractivity contribution in [2.45, 2.75) is 39.0 Å². The molecule has 33 heavy (non-hydrogen) atoms. The van der Waals surface area contributed by atoms with Crippen molar-refractivity contribution in [2.24, 2.45) is 0 Å². The number of nitrogens with zero attached hydrogens (tertiary/aromatic N) is 3. The first-order valence-electron chi connectivity index (χ1n) is 10.8. The zero-order chi connectivity index (χ0) is 23.2. The molecule has 0 saturated heterocycles. The number of aromatic amines is 2. The Hall–Kier alpha value is -3.53. The number of rotatable bonds is 9. The fraction of sp³-hybridized carbons (Fsp3) is 0.261. The summed E-state index contributed by atoms with van der Waals surface area (Å²) in [7, 11) is 0. The molecule has 2 heterocycles. The van der Waals surface area contributed by atoms with Crippen molar-refractivity contribution in [3.63, 3.8) is 0 Å². The lowest BCUT2D eigenvalue weighted by molar-refractivity contribution is -0.116. The fourth-order valence-corrected chi connectivity index (χ4v) is 3.95. The number of hydrogen-bond acceptors (Lipinski definition) is 5. The quantitative estimate of drug-likeness (QED) is 0.228. The predicted octanol–water partition coefficient (Wildman–Crippen LogP) is 5.27. The molecule has 4 aromatic rings. The number of carbonyl (C=O) groups excluding carboxylic acids is 2. The number of H-pyrrole nitrogens is 2. The molecule has 4 N–H and O–H groups in total. The SMILES string of the molecule is CCCCCCC(=O)Nc1cccc2cc(C(=O)Nc3ccc(Br)cc3-c3nnn[nH]3)[nH]c12. The molecule has 10 heteroatoms. The summed E-state index contributed by atoms with van der Waals surface area (Å²) in [5.74, 6) is 0.0886. The van der Waals surface area contributed by atoms with Gasteiger partial charge in [-0.15, -0.1) is 5.10 Å². The molecule has 170 valence electrons. The van der Waals surface area contributed by atoms with Crippen molar-refractivity contribution >= 4 is 50.0 Å². The van der Waals surface area contributed by atoms with Gasteiger partial charge in [0.05, 0.1) is 16.9 Å². The topological polar surface area (TPSA) is 128 Å². The van der Waals surface area contributed by atoms with E-state index in [-0.39, 0.29) is 11.8 Å². The van der Waals surface area contributed by atoms with Crippen LogP contribution in [0, 0.1) is 0 Å². The van der Waals surface area contributed by atoms with E-state index in [0.29, 0.717) is 40.4 Å². The molecule has 0 aliphatic carbocycles. The number of tetrazole rings is 1. The third-order valence-electron chi connectivity index (χ3n) is 5.26. The zero-order valence-corrected chi connectivity index (χ0v) is 19.7. The highest BCUT2D eigenvalue weighted by Crippen LogP contribution is 2.29. The molecular weight excluding hydrogens is 486 g/mol. The second-order valence-corrected chi connectivity index (χ2v) is 8.62.